The third kappa shape index (κ3) is 6.91. The molecule has 8 nitrogen and oxygen atoms in total. The fraction of sp³-hybridized carbons (Fsp3) is 0.727. The van der Waals surface area contributed by atoms with Crippen LogP contribution < -0.4 is 10.1 Å². The number of fused-ring (bicyclic) bond motifs is 1. The monoisotopic (exact) mass is 500 g/mol. The number of nitrogens with zero attached hydrogens (tertiary/aromatic N) is 5. The molecular weight excluding hydrogens is 469 g/mol. The van der Waals surface area contributed by atoms with E-state index in [1.807, 2.05) is 0 Å². The lowest BCUT2D eigenvalue weighted by Crippen LogP contribution is -2.43. The maximum atomic E-state index is 15.4. The van der Waals surface area contributed by atoms with Crippen molar-refractivity contribution in [2.45, 2.75) is 69.5 Å². The highest BCUT2D eigenvalue weighted by atomic mass is 32.1. The van der Waals surface area contributed by atoms with Crippen molar-refractivity contribution in [3.8, 4) is 5.19 Å². The summed E-state index contributed by atoms with van der Waals surface area (Å²) in [4.78, 5) is 21.3. The minimum Gasteiger partial charge on any atom is -0.464 e. The van der Waals surface area contributed by atoms with Gasteiger partial charge in [-0.15, -0.1) is 0 Å². The highest BCUT2D eigenvalue weighted by molar-refractivity contribution is 7.13. The van der Waals surface area contributed by atoms with E-state index in [0.29, 0.717) is 56.0 Å². The normalized spacial score (nSPS) is 23.5. The lowest BCUT2D eigenvalue weighted by atomic mass is 9.81. The van der Waals surface area contributed by atoms with Crippen LogP contribution in [0.3, 0.4) is 0 Å². The smallest absolute Gasteiger partial charge is 0.273 e. The lowest BCUT2D eigenvalue weighted by Gasteiger charge is -2.35. The van der Waals surface area contributed by atoms with Gasteiger partial charge in [0.1, 0.15) is 5.67 Å². The first-order valence-electron chi connectivity index (χ1n) is 11.7. The molecule has 0 aromatic carbocycles. The van der Waals surface area contributed by atoms with Crippen molar-refractivity contribution in [1.29, 1.82) is 0 Å². The highest BCUT2D eigenvalue weighted by Crippen LogP contribution is 2.35. The first kappa shape index (κ1) is 24.9. The van der Waals surface area contributed by atoms with E-state index in [1.165, 1.54) is 16.1 Å². The van der Waals surface area contributed by atoms with Gasteiger partial charge in [-0.05, 0) is 38.5 Å². The molecule has 0 bridgehead atoms. The van der Waals surface area contributed by atoms with E-state index < -0.39 is 18.7 Å². The molecule has 1 saturated carbocycles. The molecule has 1 aliphatic heterocycles. The fourth-order valence-electron chi connectivity index (χ4n) is 4.61. The van der Waals surface area contributed by atoms with E-state index in [2.05, 4.69) is 25.4 Å². The molecule has 3 heterocycles. The van der Waals surface area contributed by atoms with Crippen LogP contribution in [0.15, 0.2) is 6.20 Å². The Morgan fingerprint density at radius 3 is 2.79 bits per heavy atom. The van der Waals surface area contributed by atoms with Crippen molar-refractivity contribution < 1.29 is 22.7 Å². The molecule has 0 unspecified atom stereocenters. The van der Waals surface area contributed by atoms with Gasteiger partial charge in [-0.25, -0.2) is 18.2 Å². The minimum absolute atomic E-state index is 0.00483. The van der Waals surface area contributed by atoms with Crippen molar-refractivity contribution >= 4 is 17.2 Å². The van der Waals surface area contributed by atoms with Crippen LogP contribution in [0.1, 0.15) is 48.4 Å². The number of carbonyl (C=O) groups is 1. The van der Waals surface area contributed by atoms with Gasteiger partial charge in [-0.2, -0.15) is 15.0 Å². The average Bonchev–Trinajstić information content (AvgIpc) is 3.33. The molecular formula is C22H31F3N6O2S. The van der Waals surface area contributed by atoms with E-state index in [4.69, 9.17) is 4.74 Å². The number of thiazole rings is 1. The van der Waals surface area contributed by atoms with E-state index in [9.17, 15) is 13.6 Å². The Morgan fingerprint density at radius 2 is 2.09 bits per heavy atom. The SMILES string of the molecule is Cn1ncc(CC(=O)NC2CCC(F)(CCN3CCc4nc(OCC(F)F)sc4CC3)CC2)n1. The lowest BCUT2D eigenvalue weighted by molar-refractivity contribution is -0.121. The molecule has 2 aromatic rings. The number of alkyl halides is 3. The summed E-state index contributed by atoms with van der Waals surface area (Å²) in [5.74, 6) is -0.106. The Bertz CT molecular complexity index is 935. The number of hydrogen-bond acceptors (Lipinski definition) is 7. The van der Waals surface area contributed by atoms with Gasteiger partial charge in [0.15, 0.2) is 6.61 Å². The Hall–Kier alpha value is -2.21. The zero-order chi connectivity index (χ0) is 24.1. The minimum atomic E-state index is -2.51. The van der Waals surface area contributed by atoms with Gasteiger partial charge in [0.2, 0.25) is 5.91 Å². The molecule has 188 valence electrons. The van der Waals surface area contributed by atoms with Crippen LogP contribution in [0.25, 0.3) is 0 Å². The summed E-state index contributed by atoms with van der Waals surface area (Å²) < 4.78 is 45.2. The first-order chi connectivity index (χ1) is 16.3. The van der Waals surface area contributed by atoms with Crippen LogP contribution in [-0.2, 0) is 31.1 Å². The van der Waals surface area contributed by atoms with Gasteiger partial charge in [-0.1, -0.05) is 11.3 Å². The number of nitrogens with one attached hydrogen (secondary N) is 1. The van der Waals surface area contributed by atoms with Gasteiger partial charge in [0.05, 0.1) is 24.0 Å². The summed E-state index contributed by atoms with van der Waals surface area (Å²) in [5, 5.41) is 11.4. The van der Waals surface area contributed by atoms with Gasteiger partial charge in [-0.3, -0.25) is 4.79 Å². The number of aryl methyl sites for hydroxylation is 1. The molecule has 4 rings (SSSR count). The zero-order valence-corrected chi connectivity index (χ0v) is 20.1. The number of amides is 1. The number of hydrogen-bond donors (Lipinski definition) is 1. The number of ether oxygens (including phenoxy) is 1. The Labute approximate surface area is 200 Å². The maximum Gasteiger partial charge on any atom is 0.273 e. The van der Waals surface area contributed by atoms with Gasteiger partial charge >= 0.3 is 0 Å². The average molecular weight is 501 g/mol. The van der Waals surface area contributed by atoms with Crippen LogP contribution in [0.2, 0.25) is 0 Å². The summed E-state index contributed by atoms with van der Waals surface area (Å²) in [5.41, 5.74) is 0.316. The van der Waals surface area contributed by atoms with Crippen molar-refractivity contribution in [2.24, 2.45) is 7.05 Å². The van der Waals surface area contributed by atoms with Crippen LogP contribution in [0.5, 0.6) is 5.19 Å². The molecule has 1 fully saturated rings. The van der Waals surface area contributed by atoms with Crippen molar-refractivity contribution in [1.82, 2.24) is 30.2 Å². The Kier molecular flexibility index (Phi) is 8.07. The van der Waals surface area contributed by atoms with Gasteiger partial charge in [0.25, 0.3) is 11.6 Å². The summed E-state index contributed by atoms with van der Waals surface area (Å²) in [6.45, 7) is 1.59. The van der Waals surface area contributed by atoms with Gasteiger partial charge in [0, 0.05) is 44.0 Å². The first-order valence-corrected chi connectivity index (χ1v) is 12.5. The summed E-state index contributed by atoms with van der Waals surface area (Å²) in [6.07, 6.45) is 3.34. The van der Waals surface area contributed by atoms with Crippen molar-refractivity contribution in [2.75, 3.05) is 26.2 Å². The highest BCUT2D eigenvalue weighted by Gasteiger charge is 2.36. The van der Waals surface area contributed by atoms with Crippen LogP contribution >= 0.6 is 11.3 Å². The molecule has 12 heteroatoms. The molecule has 34 heavy (non-hydrogen) atoms. The summed E-state index contributed by atoms with van der Waals surface area (Å²) in [6, 6.07) is -0.00483. The molecule has 1 N–H and O–H groups in total. The predicted molar refractivity (Wildman–Crippen MR) is 121 cm³/mol. The Morgan fingerprint density at radius 1 is 1.32 bits per heavy atom. The topological polar surface area (TPSA) is 85.2 Å². The molecule has 1 amide bonds. The fourth-order valence-corrected chi connectivity index (χ4v) is 5.56. The number of halogens is 3. The van der Waals surface area contributed by atoms with E-state index in [0.717, 1.165) is 30.1 Å². The Balaban J connectivity index is 1.17. The molecule has 1 aliphatic carbocycles. The molecule has 2 aromatic heterocycles. The summed E-state index contributed by atoms with van der Waals surface area (Å²) >= 11 is 1.33. The predicted octanol–water partition coefficient (Wildman–Crippen LogP) is 2.72. The summed E-state index contributed by atoms with van der Waals surface area (Å²) in [7, 11) is 1.70. The van der Waals surface area contributed by atoms with Crippen LogP contribution in [0.4, 0.5) is 13.2 Å². The maximum absolute atomic E-state index is 15.4. The number of carbonyl (C=O) groups excluding carboxylic acids is 1. The second-order valence-corrected chi connectivity index (χ2v) is 10.2. The van der Waals surface area contributed by atoms with E-state index in [-0.39, 0.29) is 18.4 Å². The van der Waals surface area contributed by atoms with Crippen LogP contribution in [-0.4, -0.2) is 75.2 Å². The largest absolute Gasteiger partial charge is 0.464 e. The van der Waals surface area contributed by atoms with Gasteiger partial charge < -0.3 is 15.0 Å². The van der Waals surface area contributed by atoms with Crippen LogP contribution in [0, 0.1) is 0 Å². The number of rotatable bonds is 9. The van der Waals surface area contributed by atoms with Crippen molar-refractivity contribution in [3.63, 3.8) is 0 Å². The molecule has 0 spiro atoms. The zero-order valence-electron chi connectivity index (χ0n) is 19.3. The standard InChI is InChI=1S/C22H31F3N6O2S/c1-30-26-13-16(29-30)12-20(32)27-15-2-6-22(25,7-3-15)8-11-31-9-4-17-18(5-10-31)34-21(28-17)33-14-19(23)24/h13,15,19H,2-12,14H2,1H3,(H,27,32). The third-order valence-corrected chi connectivity index (χ3v) is 7.59. The van der Waals surface area contributed by atoms with E-state index in [1.54, 1.807) is 13.2 Å². The van der Waals surface area contributed by atoms with E-state index >= 15 is 4.39 Å². The second kappa shape index (κ2) is 11.0. The molecule has 0 radical (unpaired) electrons. The number of aromatic nitrogens is 4. The quantitative estimate of drug-likeness (QED) is 0.570. The third-order valence-electron chi connectivity index (χ3n) is 6.52. The molecule has 0 atom stereocenters. The molecule has 2 aliphatic rings. The second-order valence-electron chi connectivity index (χ2n) is 9.14. The molecule has 0 saturated heterocycles. The van der Waals surface area contributed by atoms with Crippen molar-refractivity contribution in [3.05, 3.63) is 22.5 Å².